The predicted octanol–water partition coefficient (Wildman–Crippen LogP) is 2.50. The molecule has 1 aromatic heterocycles. The highest BCUT2D eigenvalue weighted by molar-refractivity contribution is 5.88. The maximum absolute atomic E-state index is 14.1. The molecule has 3 aliphatic rings. The molecule has 3 saturated heterocycles. The molecule has 11 atom stereocenters. The van der Waals surface area contributed by atoms with Gasteiger partial charge in [-0.05, 0) is 77.6 Å². The first-order valence-corrected chi connectivity index (χ1v) is 16.8. The average Bonchev–Trinajstić information content (AvgIpc) is 3.53. The molecule has 260 valence electrons. The standard InChI is InChI=1S/C34H56N4O8/c1-20-17-34(5,43)30(46-33-28(40)26(36(6)7)15-21(2)44-33)22(3)29(45-32(42)25-12-9-13-35-25)23(4)31(41)38-14-10-11-24(19-38)16-27(39)37(8)18-20/h9,12-13,20-24,26,28-30,33,35,40,43H,10-11,14-19H2,1-8H3/t20-,21-,22+,23?,24?,26+,28-,29+,30-,33?,34?/m1/s1. The molecular weight excluding hydrogens is 592 g/mol. The van der Waals surface area contributed by atoms with Gasteiger partial charge in [-0.25, -0.2) is 4.79 Å². The molecule has 0 radical (unpaired) electrons. The number of piperidine rings is 1. The summed E-state index contributed by atoms with van der Waals surface area (Å²) in [6, 6.07) is 3.05. The van der Waals surface area contributed by atoms with Gasteiger partial charge in [0, 0.05) is 51.3 Å². The number of aromatic nitrogens is 1. The number of aromatic amines is 1. The largest absolute Gasteiger partial charge is 0.456 e. The normalized spacial score (nSPS) is 38.8. The lowest BCUT2D eigenvalue weighted by Crippen LogP contribution is -2.59. The Labute approximate surface area is 273 Å². The molecule has 0 spiro atoms. The van der Waals surface area contributed by atoms with Gasteiger partial charge in [-0.2, -0.15) is 0 Å². The summed E-state index contributed by atoms with van der Waals surface area (Å²) in [7, 11) is 5.56. The highest BCUT2D eigenvalue weighted by Gasteiger charge is 2.49. The lowest BCUT2D eigenvalue weighted by Gasteiger charge is -2.47. The highest BCUT2D eigenvalue weighted by Crippen LogP contribution is 2.37. The number of carbonyl (C=O) groups is 3. The van der Waals surface area contributed by atoms with Crippen LogP contribution in [0.1, 0.15) is 77.2 Å². The van der Waals surface area contributed by atoms with E-state index in [1.807, 2.05) is 39.8 Å². The van der Waals surface area contributed by atoms with E-state index in [4.69, 9.17) is 14.2 Å². The van der Waals surface area contributed by atoms with E-state index in [1.54, 1.807) is 49.0 Å². The number of rotatable bonds is 5. The Morgan fingerprint density at radius 2 is 1.89 bits per heavy atom. The van der Waals surface area contributed by atoms with Crippen LogP contribution in [0.3, 0.4) is 0 Å². The second-order valence-corrected chi connectivity index (χ2v) is 14.7. The van der Waals surface area contributed by atoms with Crippen molar-refractivity contribution in [3.05, 3.63) is 24.0 Å². The van der Waals surface area contributed by atoms with Crippen LogP contribution in [0.2, 0.25) is 0 Å². The van der Waals surface area contributed by atoms with Crippen LogP contribution in [0.15, 0.2) is 18.3 Å². The summed E-state index contributed by atoms with van der Waals surface area (Å²) in [6.45, 7) is 10.6. The van der Waals surface area contributed by atoms with Crippen LogP contribution in [0.5, 0.6) is 0 Å². The zero-order valence-corrected chi connectivity index (χ0v) is 28.8. The van der Waals surface area contributed by atoms with Crippen molar-refractivity contribution >= 4 is 17.8 Å². The van der Waals surface area contributed by atoms with E-state index < -0.39 is 48.0 Å². The number of ether oxygens (including phenoxy) is 3. The van der Waals surface area contributed by atoms with Gasteiger partial charge in [0.05, 0.1) is 23.7 Å². The first kappa shape index (κ1) is 36.3. The SMILES string of the molecule is CC1C(=O)N2CCCC(CC(=O)N(C)C[C@H](C)CC(C)(O)[C@H](OC3O[C@H](C)C[C@H](N(C)C)[C@H]3O)[C@@H](C)[C@@H]1OC(=O)c1ccc[nH]1)C2. The topological polar surface area (TPSA) is 145 Å². The van der Waals surface area contributed by atoms with Crippen molar-refractivity contribution in [3.63, 3.8) is 0 Å². The monoisotopic (exact) mass is 648 g/mol. The molecule has 2 amide bonds. The second-order valence-electron chi connectivity index (χ2n) is 14.7. The maximum Gasteiger partial charge on any atom is 0.355 e. The minimum atomic E-state index is -1.53. The van der Waals surface area contributed by atoms with E-state index >= 15 is 0 Å². The predicted molar refractivity (Wildman–Crippen MR) is 172 cm³/mol. The number of hydrogen-bond donors (Lipinski definition) is 3. The number of fused-ring (bicyclic) bond motifs is 2. The Balaban J connectivity index is 1.76. The van der Waals surface area contributed by atoms with E-state index in [9.17, 15) is 24.6 Å². The summed E-state index contributed by atoms with van der Waals surface area (Å²) in [5, 5.41) is 23.7. The Hall–Kier alpha value is -2.51. The lowest BCUT2D eigenvalue weighted by atomic mass is 9.77. The molecule has 2 bridgehead atoms. The molecule has 4 unspecified atom stereocenters. The van der Waals surface area contributed by atoms with Gasteiger partial charge in [-0.15, -0.1) is 0 Å². The lowest BCUT2D eigenvalue weighted by molar-refractivity contribution is -0.299. The fourth-order valence-corrected chi connectivity index (χ4v) is 7.84. The summed E-state index contributed by atoms with van der Waals surface area (Å²) >= 11 is 0. The number of aliphatic hydroxyl groups is 2. The van der Waals surface area contributed by atoms with Crippen LogP contribution in [0.4, 0.5) is 0 Å². The smallest absolute Gasteiger partial charge is 0.355 e. The molecule has 4 heterocycles. The molecule has 0 aromatic carbocycles. The van der Waals surface area contributed by atoms with Crippen molar-refractivity contribution in [1.82, 2.24) is 19.7 Å². The Morgan fingerprint density at radius 3 is 2.54 bits per heavy atom. The summed E-state index contributed by atoms with van der Waals surface area (Å²) in [6.07, 6.45) is 0.0968. The maximum atomic E-state index is 14.1. The van der Waals surface area contributed by atoms with Gasteiger partial charge < -0.3 is 44.1 Å². The molecule has 4 rings (SSSR count). The third-order valence-electron chi connectivity index (χ3n) is 10.2. The van der Waals surface area contributed by atoms with Crippen LogP contribution >= 0.6 is 0 Å². The van der Waals surface area contributed by atoms with Gasteiger partial charge in [0.1, 0.15) is 17.9 Å². The van der Waals surface area contributed by atoms with Gasteiger partial charge in [-0.1, -0.05) is 20.8 Å². The number of nitrogens with zero attached hydrogens (tertiary/aromatic N) is 3. The molecular formula is C34H56N4O8. The van der Waals surface area contributed by atoms with Crippen molar-refractivity contribution < 1.29 is 38.8 Å². The first-order valence-electron chi connectivity index (χ1n) is 16.8. The molecule has 1 aromatic rings. The van der Waals surface area contributed by atoms with Crippen molar-refractivity contribution in [1.29, 1.82) is 0 Å². The zero-order chi connectivity index (χ0) is 33.9. The molecule has 0 aliphatic carbocycles. The molecule has 3 aliphatic heterocycles. The summed E-state index contributed by atoms with van der Waals surface area (Å²) in [5.74, 6) is -2.39. The van der Waals surface area contributed by atoms with Gasteiger partial charge in [0.15, 0.2) is 6.29 Å². The number of esters is 1. The van der Waals surface area contributed by atoms with Gasteiger partial charge in [0.25, 0.3) is 0 Å². The minimum absolute atomic E-state index is 0.00933. The van der Waals surface area contributed by atoms with E-state index in [2.05, 4.69) is 4.98 Å². The third-order valence-corrected chi connectivity index (χ3v) is 10.2. The number of likely N-dealkylation sites (N-methyl/N-ethyl adjacent to an activating group) is 1. The number of amides is 2. The zero-order valence-electron chi connectivity index (χ0n) is 28.8. The molecule has 12 heteroatoms. The molecule has 3 N–H and O–H groups in total. The number of aliphatic hydroxyl groups excluding tert-OH is 1. The van der Waals surface area contributed by atoms with Crippen molar-refractivity contribution in [2.24, 2.45) is 23.7 Å². The molecule has 0 saturated carbocycles. The number of H-pyrrole nitrogens is 1. The Morgan fingerprint density at radius 1 is 1.17 bits per heavy atom. The van der Waals surface area contributed by atoms with E-state index in [0.29, 0.717) is 32.5 Å². The summed E-state index contributed by atoms with van der Waals surface area (Å²) in [5.41, 5.74) is -1.29. The van der Waals surface area contributed by atoms with Crippen molar-refractivity contribution in [3.8, 4) is 0 Å². The Kier molecular flexibility index (Phi) is 12.0. The fraction of sp³-hybridized carbons (Fsp3) is 0.794. The third kappa shape index (κ3) is 8.49. The van der Waals surface area contributed by atoms with Gasteiger partial charge in [-0.3, -0.25) is 9.59 Å². The minimum Gasteiger partial charge on any atom is -0.456 e. The van der Waals surface area contributed by atoms with E-state index in [1.165, 1.54) is 0 Å². The molecule has 46 heavy (non-hydrogen) atoms. The second kappa shape index (κ2) is 15.1. The number of nitrogens with one attached hydrogen (secondary N) is 1. The van der Waals surface area contributed by atoms with Crippen molar-refractivity contribution in [2.75, 3.05) is 40.8 Å². The van der Waals surface area contributed by atoms with Crippen molar-refractivity contribution in [2.45, 2.75) is 109 Å². The number of carbonyl (C=O) groups excluding carboxylic acids is 3. The first-order chi connectivity index (χ1) is 21.6. The quantitative estimate of drug-likeness (QED) is 0.410. The van der Waals surface area contributed by atoms with Crippen LogP contribution in [-0.2, 0) is 23.8 Å². The van der Waals surface area contributed by atoms with Gasteiger partial charge >= 0.3 is 5.97 Å². The van der Waals surface area contributed by atoms with E-state index in [-0.39, 0.29) is 47.9 Å². The fourth-order valence-electron chi connectivity index (χ4n) is 7.84. The summed E-state index contributed by atoms with van der Waals surface area (Å²) < 4.78 is 18.9. The van der Waals surface area contributed by atoms with Gasteiger partial charge in [0.2, 0.25) is 11.8 Å². The number of hydrogen-bond acceptors (Lipinski definition) is 9. The van der Waals surface area contributed by atoms with E-state index in [0.717, 1.165) is 12.8 Å². The average molecular weight is 649 g/mol. The van der Waals surface area contributed by atoms with Crippen LogP contribution in [-0.4, -0.2) is 131 Å². The summed E-state index contributed by atoms with van der Waals surface area (Å²) in [4.78, 5) is 49.1. The molecule has 3 fully saturated rings. The highest BCUT2D eigenvalue weighted by atomic mass is 16.7. The Bertz CT molecular complexity index is 1180. The van der Waals surface area contributed by atoms with Crippen LogP contribution in [0.25, 0.3) is 0 Å². The van der Waals surface area contributed by atoms with Crippen LogP contribution in [0, 0.1) is 23.7 Å². The van der Waals surface area contributed by atoms with Crippen LogP contribution < -0.4 is 0 Å². The molecule has 12 nitrogen and oxygen atoms in total.